The van der Waals surface area contributed by atoms with Gasteiger partial charge in [-0.25, -0.2) is 0 Å². The SMILES string of the molecule is CC(C)Cc1cccc(C(=O)CCOC2CCNCC2)c1. The van der Waals surface area contributed by atoms with Crippen LogP contribution >= 0.6 is 0 Å². The fourth-order valence-electron chi connectivity index (χ4n) is 2.77. The highest BCUT2D eigenvalue weighted by atomic mass is 16.5. The summed E-state index contributed by atoms with van der Waals surface area (Å²) < 4.78 is 5.81. The predicted octanol–water partition coefficient (Wildman–Crippen LogP) is 3.23. The third-order valence-electron chi connectivity index (χ3n) is 3.86. The molecule has 0 unspecified atom stereocenters. The normalized spacial score (nSPS) is 16.3. The fraction of sp³-hybridized carbons (Fsp3) is 0.611. The summed E-state index contributed by atoms with van der Waals surface area (Å²) in [6, 6.07) is 8.03. The molecule has 1 aliphatic heterocycles. The molecule has 0 spiro atoms. The Labute approximate surface area is 128 Å². The van der Waals surface area contributed by atoms with Gasteiger partial charge in [0.1, 0.15) is 0 Å². The van der Waals surface area contributed by atoms with Gasteiger partial charge >= 0.3 is 0 Å². The summed E-state index contributed by atoms with van der Waals surface area (Å²) in [5.74, 6) is 0.799. The van der Waals surface area contributed by atoms with Gasteiger partial charge in [0, 0.05) is 12.0 Å². The van der Waals surface area contributed by atoms with Crippen molar-refractivity contribution < 1.29 is 9.53 Å². The lowest BCUT2D eigenvalue weighted by molar-refractivity contribution is 0.0313. The first kappa shape index (κ1) is 16.2. The van der Waals surface area contributed by atoms with E-state index in [0.29, 0.717) is 25.0 Å². The summed E-state index contributed by atoms with van der Waals surface area (Å²) >= 11 is 0. The number of carbonyl (C=O) groups excluding carboxylic acids is 1. The van der Waals surface area contributed by atoms with Crippen LogP contribution in [-0.4, -0.2) is 31.6 Å². The van der Waals surface area contributed by atoms with Crippen LogP contribution in [0.5, 0.6) is 0 Å². The number of Topliss-reactive ketones (excluding diaryl/α,β-unsaturated/α-hetero) is 1. The van der Waals surface area contributed by atoms with Crippen LogP contribution in [0.4, 0.5) is 0 Å². The molecule has 0 saturated carbocycles. The smallest absolute Gasteiger partial charge is 0.165 e. The number of hydrogen-bond donors (Lipinski definition) is 1. The van der Waals surface area contributed by atoms with Crippen molar-refractivity contribution in [2.75, 3.05) is 19.7 Å². The molecule has 0 aromatic heterocycles. The van der Waals surface area contributed by atoms with Gasteiger partial charge < -0.3 is 10.1 Å². The Bertz CT molecular complexity index is 450. The standard InChI is InChI=1S/C18H27NO2/c1-14(2)12-15-4-3-5-16(13-15)18(20)8-11-21-17-6-9-19-10-7-17/h3-5,13-14,17,19H,6-12H2,1-2H3. The molecular formula is C18H27NO2. The third-order valence-corrected chi connectivity index (χ3v) is 3.86. The Morgan fingerprint density at radius 3 is 2.81 bits per heavy atom. The lowest BCUT2D eigenvalue weighted by Crippen LogP contribution is -2.32. The minimum atomic E-state index is 0.189. The van der Waals surface area contributed by atoms with Crippen LogP contribution in [0.25, 0.3) is 0 Å². The number of ether oxygens (including phenoxy) is 1. The lowest BCUT2D eigenvalue weighted by Gasteiger charge is -2.22. The van der Waals surface area contributed by atoms with E-state index in [0.717, 1.165) is 37.9 Å². The van der Waals surface area contributed by atoms with E-state index in [9.17, 15) is 4.79 Å². The molecule has 1 heterocycles. The molecule has 3 heteroatoms. The molecule has 1 aliphatic rings. The first-order valence-corrected chi connectivity index (χ1v) is 8.09. The van der Waals surface area contributed by atoms with Gasteiger partial charge in [-0.2, -0.15) is 0 Å². The summed E-state index contributed by atoms with van der Waals surface area (Å²) in [6.45, 7) is 6.98. The van der Waals surface area contributed by atoms with E-state index in [2.05, 4.69) is 25.2 Å². The van der Waals surface area contributed by atoms with Crippen molar-refractivity contribution in [2.24, 2.45) is 5.92 Å². The number of hydrogen-bond acceptors (Lipinski definition) is 3. The van der Waals surface area contributed by atoms with Crippen molar-refractivity contribution in [1.29, 1.82) is 0 Å². The Morgan fingerprint density at radius 2 is 2.10 bits per heavy atom. The molecule has 1 N–H and O–H groups in total. The zero-order chi connectivity index (χ0) is 15.1. The average Bonchev–Trinajstić information content (AvgIpc) is 2.48. The Balaban J connectivity index is 1.79. The van der Waals surface area contributed by atoms with Gasteiger partial charge in [-0.15, -0.1) is 0 Å². The molecule has 0 atom stereocenters. The second-order valence-electron chi connectivity index (χ2n) is 6.29. The van der Waals surface area contributed by atoms with E-state index in [1.165, 1.54) is 5.56 Å². The minimum Gasteiger partial charge on any atom is -0.378 e. The van der Waals surface area contributed by atoms with Gasteiger partial charge in [0.15, 0.2) is 5.78 Å². The van der Waals surface area contributed by atoms with Gasteiger partial charge in [0.05, 0.1) is 12.7 Å². The number of carbonyl (C=O) groups is 1. The maximum absolute atomic E-state index is 12.2. The highest BCUT2D eigenvalue weighted by molar-refractivity contribution is 5.96. The molecule has 1 fully saturated rings. The summed E-state index contributed by atoms with van der Waals surface area (Å²) in [6.07, 6.45) is 3.93. The second-order valence-corrected chi connectivity index (χ2v) is 6.29. The number of rotatable bonds is 7. The van der Waals surface area contributed by atoms with Gasteiger partial charge in [0.2, 0.25) is 0 Å². The van der Waals surface area contributed by atoms with E-state index in [1.54, 1.807) is 0 Å². The molecule has 0 bridgehead atoms. The molecule has 116 valence electrons. The Hall–Kier alpha value is -1.19. The van der Waals surface area contributed by atoms with Crippen molar-refractivity contribution in [3.8, 4) is 0 Å². The molecule has 2 rings (SSSR count). The van der Waals surface area contributed by atoms with Crippen molar-refractivity contribution in [3.05, 3.63) is 35.4 Å². The maximum atomic E-state index is 12.2. The zero-order valence-corrected chi connectivity index (χ0v) is 13.2. The van der Waals surface area contributed by atoms with Gasteiger partial charge in [-0.3, -0.25) is 4.79 Å². The molecule has 1 saturated heterocycles. The van der Waals surface area contributed by atoms with Crippen LogP contribution in [0, 0.1) is 5.92 Å². The third kappa shape index (κ3) is 5.60. The van der Waals surface area contributed by atoms with Crippen LogP contribution in [-0.2, 0) is 11.2 Å². The van der Waals surface area contributed by atoms with Crippen molar-refractivity contribution in [3.63, 3.8) is 0 Å². The van der Waals surface area contributed by atoms with Crippen molar-refractivity contribution in [2.45, 2.75) is 45.6 Å². The fourth-order valence-corrected chi connectivity index (χ4v) is 2.77. The van der Waals surface area contributed by atoms with E-state index in [1.807, 2.05) is 18.2 Å². The van der Waals surface area contributed by atoms with Crippen LogP contribution in [0.15, 0.2) is 24.3 Å². The summed E-state index contributed by atoms with van der Waals surface area (Å²) in [5.41, 5.74) is 2.07. The van der Waals surface area contributed by atoms with Crippen LogP contribution in [0.1, 0.15) is 49.0 Å². The van der Waals surface area contributed by atoms with Crippen LogP contribution in [0.3, 0.4) is 0 Å². The van der Waals surface area contributed by atoms with E-state index < -0.39 is 0 Å². The highest BCUT2D eigenvalue weighted by Crippen LogP contribution is 2.13. The molecule has 3 nitrogen and oxygen atoms in total. The van der Waals surface area contributed by atoms with E-state index in [4.69, 9.17) is 4.74 Å². The van der Waals surface area contributed by atoms with Crippen molar-refractivity contribution in [1.82, 2.24) is 5.32 Å². The number of piperidine rings is 1. The van der Waals surface area contributed by atoms with E-state index in [-0.39, 0.29) is 5.78 Å². The molecule has 1 aromatic rings. The molecular weight excluding hydrogens is 262 g/mol. The quantitative estimate of drug-likeness (QED) is 0.783. The van der Waals surface area contributed by atoms with Gasteiger partial charge in [0.25, 0.3) is 0 Å². The monoisotopic (exact) mass is 289 g/mol. The molecule has 0 amide bonds. The summed E-state index contributed by atoms with van der Waals surface area (Å²) in [4.78, 5) is 12.2. The van der Waals surface area contributed by atoms with Gasteiger partial charge in [-0.1, -0.05) is 32.0 Å². The highest BCUT2D eigenvalue weighted by Gasteiger charge is 2.14. The number of nitrogens with one attached hydrogen (secondary N) is 1. The lowest BCUT2D eigenvalue weighted by atomic mass is 9.99. The first-order valence-electron chi connectivity index (χ1n) is 8.09. The average molecular weight is 289 g/mol. The van der Waals surface area contributed by atoms with E-state index >= 15 is 0 Å². The molecule has 1 aromatic carbocycles. The first-order chi connectivity index (χ1) is 10.1. The molecule has 0 radical (unpaired) electrons. The number of ketones is 1. The topological polar surface area (TPSA) is 38.3 Å². The zero-order valence-electron chi connectivity index (χ0n) is 13.2. The Kier molecular flexibility index (Phi) is 6.40. The van der Waals surface area contributed by atoms with Crippen LogP contribution in [0.2, 0.25) is 0 Å². The predicted molar refractivity (Wildman–Crippen MR) is 85.8 cm³/mol. The molecule has 21 heavy (non-hydrogen) atoms. The Morgan fingerprint density at radius 1 is 1.33 bits per heavy atom. The summed E-state index contributed by atoms with van der Waals surface area (Å²) in [7, 11) is 0. The maximum Gasteiger partial charge on any atom is 0.165 e. The van der Waals surface area contributed by atoms with Crippen molar-refractivity contribution >= 4 is 5.78 Å². The second kappa shape index (κ2) is 8.30. The van der Waals surface area contributed by atoms with Gasteiger partial charge in [-0.05, 0) is 49.9 Å². The minimum absolute atomic E-state index is 0.189. The number of benzene rings is 1. The van der Waals surface area contributed by atoms with Crippen LogP contribution < -0.4 is 5.32 Å². The largest absolute Gasteiger partial charge is 0.378 e. The molecule has 0 aliphatic carbocycles. The summed E-state index contributed by atoms with van der Waals surface area (Å²) in [5, 5.41) is 3.31.